The Labute approximate surface area is 127 Å². The molecule has 110 valence electrons. The van der Waals surface area contributed by atoms with Gasteiger partial charge in [0, 0.05) is 23.4 Å². The Bertz CT molecular complexity index is 536. The lowest BCUT2D eigenvalue weighted by atomic mass is 9.88. The highest BCUT2D eigenvalue weighted by molar-refractivity contribution is 5.97. The number of unbranched alkanes of at least 4 members (excludes halogenated alkanes) is 1. The Kier molecular flexibility index (Phi) is 6.14. The van der Waals surface area contributed by atoms with Gasteiger partial charge in [-0.1, -0.05) is 56.2 Å². The first kappa shape index (κ1) is 15.4. The second kappa shape index (κ2) is 8.35. The number of nitrogens with zero attached hydrogens (tertiary/aromatic N) is 1. The van der Waals surface area contributed by atoms with E-state index in [1.165, 1.54) is 0 Å². The van der Waals surface area contributed by atoms with Gasteiger partial charge in [-0.25, -0.2) is 0 Å². The molecular weight excluding hydrogens is 258 g/mol. The van der Waals surface area contributed by atoms with Crippen LogP contribution >= 0.6 is 0 Å². The molecular formula is C19H23NO. The van der Waals surface area contributed by atoms with Gasteiger partial charge in [0.2, 0.25) is 0 Å². The first-order valence-electron chi connectivity index (χ1n) is 7.80. The molecule has 0 N–H and O–H groups in total. The molecule has 0 saturated heterocycles. The molecule has 0 radical (unpaired) electrons. The predicted molar refractivity (Wildman–Crippen MR) is 86.3 cm³/mol. The Morgan fingerprint density at radius 2 is 1.81 bits per heavy atom. The fourth-order valence-electron chi connectivity index (χ4n) is 2.56. The standard InChI is InChI=1S/C19H23NO/c1-2-3-9-17(13-14-18-12-7-8-15-20-18)19(21)16-10-5-4-6-11-16/h4-8,10-12,15,17H,2-3,9,13-14H2,1H3/t17-/m1/s1. The van der Waals surface area contributed by atoms with Gasteiger partial charge in [-0.3, -0.25) is 9.78 Å². The number of hydrogen-bond donors (Lipinski definition) is 0. The Morgan fingerprint density at radius 3 is 2.48 bits per heavy atom. The second-order valence-corrected chi connectivity index (χ2v) is 5.43. The zero-order valence-electron chi connectivity index (χ0n) is 12.7. The average Bonchev–Trinajstić information content (AvgIpc) is 2.56. The molecule has 21 heavy (non-hydrogen) atoms. The lowest BCUT2D eigenvalue weighted by Gasteiger charge is -2.15. The molecule has 0 aliphatic rings. The van der Waals surface area contributed by atoms with Crippen LogP contribution in [-0.2, 0) is 6.42 Å². The molecule has 0 unspecified atom stereocenters. The normalized spacial score (nSPS) is 12.0. The number of rotatable bonds is 8. The van der Waals surface area contributed by atoms with Gasteiger partial charge in [-0.15, -0.1) is 0 Å². The third kappa shape index (κ3) is 4.82. The zero-order chi connectivity index (χ0) is 14.9. The number of Topliss-reactive ketones (excluding diaryl/α,β-unsaturated/α-hetero) is 1. The highest BCUT2D eigenvalue weighted by Gasteiger charge is 2.19. The molecule has 1 heterocycles. The highest BCUT2D eigenvalue weighted by Crippen LogP contribution is 2.20. The molecule has 0 bridgehead atoms. The summed E-state index contributed by atoms with van der Waals surface area (Å²) in [5.74, 6) is 0.384. The van der Waals surface area contributed by atoms with Gasteiger partial charge in [-0.05, 0) is 31.4 Å². The Balaban J connectivity index is 2.02. The van der Waals surface area contributed by atoms with Crippen molar-refractivity contribution in [3.05, 3.63) is 66.0 Å². The van der Waals surface area contributed by atoms with E-state index >= 15 is 0 Å². The summed E-state index contributed by atoms with van der Waals surface area (Å²) in [7, 11) is 0. The van der Waals surface area contributed by atoms with Crippen LogP contribution in [0.2, 0.25) is 0 Å². The van der Waals surface area contributed by atoms with Gasteiger partial charge in [-0.2, -0.15) is 0 Å². The quantitative estimate of drug-likeness (QED) is 0.656. The Morgan fingerprint density at radius 1 is 1.05 bits per heavy atom. The van der Waals surface area contributed by atoms with E-state index < -0.39 is 0 Å². The molecule has 1 aromatic heterocycles. The van der Waals surface area contributed by atoms with Crippen LogP contribution in [0.25, 0.3) is 0 Å². The van der Waals surface area contributed by atoms with Crippen molar-refractivity contribution in [2.45, 2.75) is 39.0 Å². The van der Waals surface area contributed by atoms with Crippen molar-refractivity contribution in [3.8, 4) is 0 Å². The van der Waals surface area contributed by atoms with E-state index in [0.717, 1.165) is 43.4 Å². The molecule has 0 fully saturated rings. The van der Waals surface area contributed by atoms with E-state index in [1.54, 1.807) is 0 Å². The van der Waals surface area contributed by atoms with Gasteiger partial charge >= 0.3 is 0 Å². The SMILES string of the molecule is CCCC[C@H](CCc1ccccn1)C(=O)c1ccccc1. The van der Waals surface area contributed by atoms with Gasteiger partial charge in [0.15, 0.2) is 5.78 Å². The molecule has 2 rings (SSSR count). The van der Waals surface area contributed by atoms with Crippen molar-refractivity contribution >= 4 is 5.78 Å². The van der Waals surface area contributed by atoms with E-state index in [0.29, 0.717) is 0 Å². The number of ketones is 1. The van der Waals surface area contributed by atoms with Crippen molar-refractivity contribution in [1.82, 2.24) is 4.98 Å². The molecule has 0 amide bonds. The maximum atomic E-state index is 12.7. The third-order valence-electron chi connectivity index (χ3n) is 3.81. The summed E-state index contributed by atoms with van der Waals surface area (Å²) in [5.41, 5.74) is 1.90. The van der Waals surface area contributed by atoms with E-state index in [4.69, 9.17) is 0 Å². The van der Waals surface area contributed by atoms with Gasteiger partial charge < -0.3 is 0 Å². The second-order valence-electron chi connectivity index (χ2n) is 5.43. The zero-order valence-corrected chi connectivity index (χ0v) is 12.7. The lowest BCUT2D eigenvalue weighted by Crippen LogP contribution is -2.16. The summed E-state index contributed by atoms with van der Waals surface area (Å²) in [6.07, 6.45) is 6.76. The smallest absolute Gasteiger partial charge is 0.165 e. The van der Waals surface area contributed by atoms with Crippen LogP contribution in [0.3, 0.4) is 0 Å². The third-order valence-corrected chi connectivity index (χ3v) is 3.81. The maximum Gasteiger partial charge on any atom is 0.165 e. The molecule has 1 aromatic carbocycles. The molecule has 0 aliphatic heterocycles. The highest BCUT2D eigenvalue weighted by atomic mass is 16.1. The molecule has 1 atom stereocenters. The molecule has 2 nitrogen and oxygen atoms in total. The first-order chi connectivity index (χ1) is 10.3. The number of pyridine rings is 1. The van der Waals surface area contributed by atoms with Crippen LogP contribution in [0.4, 0.5) is 0 Å². The van der Waals surface area contributed by atoms with Crippen molar-refractivity contribution in [2.75, 3.05) is 0 Å². The molecule has 0 spiro atoms. The minimum absolute atomic E-state index is 0.106. The number of aryl methyl sites for hydroxylation is 1. The molecule has 2 heteroatoms. The fraction of sp³-hybridized carbons (Fsp3) is 0.368. The summed E-state index contributed by atoms with van der Waals surface area (Å²) in [6, 6.07) is 15.6. The van der Waals surface area contributed by atoms with Crippen molar-refractivity contribution < 1.29 is 4.79 Å². The summed E-state index contributed by atoms with van der Waals surface area (Å²) < 4.78 is 0. The van der Waals surface area contributed by atoms with Crippen LogP contribution in [-0.4, -0.2) is 10.8 Å². The van der Waals surface area contributed by atoms with Crippen molar-refractivity contribution in [1.29, 1.82) is 0 Å². The topological polar surface area (TPSA) is 30.0 Å². The number of hydrogen-bond acceptors (Lipinski definition) is 2. The Hall–Kier alpha value is -1.96. The van der Waals surface area contributed by atoms with E-state index in [1.807, 2.05) is 54.7 Å². The average molecular weight is 281 g/mol. The molecule has 2 aromatic rings. The minimum atomic E-state index is 0.106. The summed E-state index contributed by atoms with van der Waals surface area (Å²) >= 11 is 0. The maximum absolute atomic E-state index is 12.7. The minimum Gasteiger partial charge on any atom is -0.294 e. The van der Waals surface area contributed by atoms with Gasteiger partial charge in [0.1, 0.15) is 0 Å². The van der Waals surface area contributed by atoms with Gasteiger partial charge in [0.05, 0.1) is 0 Å². The monoisotopic (exact) mass is 281 g/mol. The number of benzene rings is 1. The van der Waals surface area contributed by atoms with Crippen LogP contribution in [0, 0.1) is 5.92 Å². The van der Waals surface area contributed by atoms with Crippen molar-refractivity contribution in [3.63, 3.8) is 0 Å². The number of aromatic nitrogens is 1. The lowest BCUT2D eigenvalue weighted by molar-refractivity contribution is 0.0904. The summed E-state index contributed by atoms with van der Waals surface area (Å²) in [6.45, 7) is 2.17. The largest absolute Gasteiger partial charge is 0.294 e. The van der Waals surface area contributed by atoms with Crippen LogP contribution in [0.1, 0.15) is 48.7 Å². The summed E-state index contributed by atoms with van der Waals surface area (Å²) in [5, 5.41) is 0. The number of carbonyl (C=O) groups excluding carboxylic acids is 1. The predicted octanol–water partition coefficient (Wildman–Crippen LogP) is 4.70. The van der Waals surface area contributed by atoms with E-state index in [2.05, 4.69) is 11.9 Å². The van der Waals surface area contributed by atoms with E-state index in [-0.39, 0.29) is 11.7 Å². The van der Waals surface area contributed by atoms with Crippen molar-refractivity contribution in [2.24, 2.45) is 5.92 Å². The molecule has 0 aliphatic carbocycles. The summed E-state index contributed by atoms with van der Waals surface area (Å²) in [4.78, 5) is 17.0. The first-order valence-corrected chi connectivity index (χ1v) is 7.80. The number of carbonyl (C=O) groups is 1. The molecule has 0 saturated carbocycles. The van der Waals surface area contributed by atoms with Crippen LogP contribution in [0.5, 0.6) is 0 Å². The fourth-order valence-corrected chi connectivity index (χ4v) is 2.56. The van der Waals surface area contributed by atoms with Crippen LogP contribution < -0.4 is 0 Å². The van der Waals surface area contributed by atoms with Gasteiger partial charge in [0.25, 0.3) is 0 Å². The van der Waals surface area contributed by atoms with Crippen LogP contribution in [0.15, 0.2) is 54.7 Å². The van der Waals surface area contributed by atoms with E-state index in [9.17, 15) is 4.79 Å².